The van der Waals surface area contributed by atoms with E-state index in [9.17, 15) is 14.9 Å². The number of nitrogens with one attached hydrogen (secondary N) is 1. The molecule has 2 amide bonds. The SMILES string of the molecule is Cc1c(C(=O)N(C)C)sc(NC(=O)C2(C)CC2(Cl)Cl)c1C#N. The molecule has 2 rings (SSSR count). The summed E-state index contributed by atoms with van der Waals surface area (Å²) < 4.78 is -1.08. The quantitative estimate of drug-likeness (QED) is 0.842. The fourth-order valence-corrected chi connectivity index (χ4v) is 3.91. The van der Waals surface area contributed by atoms with E-state index >= 15 is 0 Å². The minimum Gasteiger partial charge on any atom is -0.344 e. The molecule has 0 bridgehead atoms. The summed E-state index contributed by atoms with van der Waals surface area (Å²) in [6, 6.07) is 2.03. The van der Waals surface area contributed by atoms with E-state index in [1.54, 1.807) is 27.9 Å². The Bertz CT molecular complexity index is 706. The molecule has 0 aromatic carbocycles. The van der Waals surface area contributed by atoms with Gasteiger partial charge in [0.1, 0.15) is 15.4 Å². The van der Waals surface area contributed by atoms with E-state index in [2.05, 4.69) is 5.32 Å². The summed E-state index contributed by atoms with van der Waals surface area (Å²) in [5.74, 6) is -0.555. The number of halogens is 2. The molecule has 1 aliphatic carbocycles. The Morgan fingerprint density at radius 3 is 2.36 bits per heavy atom. The zero-order valence-corrected chi connectivity index (χ0v) is 14.9. The summed E-state index contributed by atoms with van der Waals surface area (Å²) in [6.45, 7) is 3.36. The number of alkyl halides is 2. The van der Waals surface area contributed by atoms with E-state index in [-0.39, 0.29) is 11.8 Å². The first-order chi connectivity index (χ1) is 10.0. The summed E-state index contributed by atoms with van der Waals surface area (Å²) >= 11 is 13.1. The summed E-state index contributed by atoms with van der Waals surface area (Å²) in [7, 11) is 3.26. The average Bonchev–Trinajstić information content (AvgIpc) is 2.79. The first-order valence-electron chi connectivity index (χ1n) is 6.49. The number of anilines is 1. The van der Waals surface area contributed by atoms with Gasteiger partial charge in [-0.1, -0.05) is 0 Å². The van der Waals surface area contributed by atoms with E-state index in [0.717, 1.165) is 11.3 Å². The number of hydrogen-bond acceptors (Lipinski definition) is 4. The molecule has 1 aromatic heterocycles. The largest absolute Gasteiger partial charge is 0.344 e. The monoisotopic (exact) mass is 359 g/mol. The molecule has 0 saturated heterocycles. The van der Waals surface area contributed by atoms with Crippen LogP contribution in [0.4, 0.5) is 5.00 Å². The summed E-state index contributed by atoms with van der Waals surface area (Å²) in [5.41, 5.74) is -0.0279. The fraction of sp³-hybridized carbons (Fsp3) is 0.500. The van der Waals surface area contributed by atoms with Gasteiger partial charge in [-0.05, 0) is 25.8 Å². The molecule has 1 unspecified atom stereocenters. The van der Waals surface area contributed by atoms with Crippen LogP contribution in [0.5, 0.6) is 0 Å². The molecule has 1 N–H and O–H groups in total. The van der Waals surface area contributed by atoms with Crippen LogP contribution in [0.1, 0.15) is 34.1 Å². The zero-order chi connectivity index (χ0) is 16.9. The predicted molar refractivity (Wildman–Crippen MR) is 87.6 cm³/mol. The van der Waals surface area contributed by atoms with Crippen molar-refractivity contribution in [2.75, 3.05) is 19.4 Å². The lowest BCUT2D eigenvalue weighted by molar-refractivity contribution is -0.120. The predicted octanol–water partition coefficient (Wildman–Crippen LogP) is 3.15. The molecule has 0 aliphatic heterocycles. The minimum absolute atomic E-state index is 0.207. The molecular formula is C14H15Cl2N3O2S. The van der Waals surface area contributed by atoms with E-state index in [1.807, 2.05) is 6.07 Å². The van der Waals surface area contributed by atoms with Crippen LogP contribution in [0.2, 0.25) is 0 Å². The number of rotatable bonds is 3. The second-order valence-electron chi connectivity index (χ2n) is 5.74. The molecule has 5 nitrogen and oxygen atoms in total. The van der Waals surface area contributed by atoms with E-state index < -0.39 is 9.75 Å². The molecule has 1 aromatic rings. The van der Waals surface area contributed by atoms with Crippen LogP contribution in [-0.4, -0.2) is 35.1 Å². The van der Waals surface area contributed by atoms with Gasteiger partial charge < -0.3 is 10.2 Å². The van der Waals surface area contributed by atoms with Crippen molar-refractivity contribution >= 4 is 51.4 Å². The minimum atomic E-state index is -1.08. The van der Waals surface area contributed by atoms with Crippen molar-refractivity contribution in [2.45, 2.75) is 24.6 Å². The molecule has 1 fully saturated rings. The number of hydrogen-bond donors (Lipinski definition) is 1. The lowest BCUT2D eigenvalue weighted by Gasteiger charge is -2.11. The third kappa shape index (κ3) is 2.58. The van der Waals surface area contributed by atoms with Crippen molar-refractivity contribution in [1.29, 1.82) is 5.26 Å². The van der Waals surface area contributed by atoms with Crippen LogP contribution in [0.25, 0.3) is 0 Å². The van der Waals surface area contributed by atoms with Gasteiger partial charge in [0.05, 0.1) is 15.9 Å². The maximum atomic E-state index is 12.3. The zero-order valence-electron chi connectivity index (χ0n) is 12.6. The first kappa shape index (κ1) is 17.1. The number of nitriles is 1. The third-order valence-electron chi connectivity index (χ3n) is 3.85. The number of carbonyl (C=O) groups excluding carboxylic acids is 2. The Kier molecular flexibility index (Phi) is 4.20. The third-order valence-corrected chi connectivity index (χ3v) is 6.14. The van der Waals surface area contributed by atoms with Crippen LogP contribution in [0.15, 0.2) is 0 Å². The van der Waals surface area contributed by atoms with Gasteiger partial charge in [0, 0.05) is 14.1 Å². The number of carbonyl (C=O) groups is 2. The second kappa shape index (κ2) is 5.41. The summed E-state index contributed by atoms with van der Waals surface area (Å²) in [6.07, 6.45) is 0.352. The smallest absolute Gasteiger partial charge is 0.263 e. The lowest BCUT2D eigenvalue weighted by Crippen LogP contribution is -2.25. The van der Waals surface area contributed by atoms with Crippen LogP contribution in [-0.2, 0) is 4.79 Å². The van der Waals surface area contributed by atoms with Crippen molar-refractivity contribution in [2.24, 2.45) is 5.41 Å². The highest BCUT2D eigenvalue weighted by Crippen LogP contribution is 2.64. The van der Waals surface area contributed by atoms with Gasteiger partial charge in [0.2, 0.25) is 5.91 Å². The van der Waals surface area contributed by atoms with Crippen molar-refractivity contribution < 1.29 is 9.59 Å². The van der Waals surface area contributed by atoms with Crippen LogP contribution < -0.4 is 5.32 Å². The van der Waals surface area contributed by atoms with Crippen LogP contribution in [0.3, 0.4) is 0 Å². The molecule has 0 spiro atoms. The Morgan fingerprint density at radius 2 is 1.95 bits per heavy atom. The van der Waals surface area contributed by atoms with Crippen molar-refractivity contribution in [3.8, 4) is 6.07 Å². The molecule has 8 heteroatoms. The van der Waals surface area contributed by atoms with Gasteiger partial charge in [0.15, 0.2) is 0 Å². The second-order valence-corrected chi connectivity index (χ2v) is 8.24. The summed E-state index contributed by atoms with van der Waals surface area (Å²) in [4.78, 5) is 26.3. The Labute approximate surface area is 142 Å². The van der Waals surface area contributed by atoms with E-state index in [4.69, 9.17) is 23.2 Å². The Balaban J connectivity index is 2.33. The number of thiophene rings is 1. The van der Waals surface area contributed by atoms with Crippen molar-refractivity contribution in [3.05, 3.63) is 16.0 Å². The van der Waals surface area contributed by atoms with Crippen molar-refractivity contribution in [3.63, 3.8) is 0 Å². The molecule has 1 saturated carbocycles. The van der Waals surface area contributed by atoms with E-state index in [1.165, 1.54) is 4.90 Å². The first-order valence-corrected chi connectivity index (χ1v) is 8.07. The molecule has 1 heterocycles. The molecule has 1 atom stereocenters. The number of nitrogens with zero attached hydrogens (tertiary/aromatic N) is 2. The number of amides is 2. The molecule has 1 aliphatic rings. The highest BCUT2D eigenvalue weighted by atomic mass is 35.5. The van der Waals surface area contributed by atoms with Crippen LogP contribution in [0, 0.1) is 23.7 Å². The normalized spacial score (nSPS) is 21.9. The highest BCUT2D eigenvalue weighted by molar-refractivity contribution is 7.18. The van der Waals surface area contributed by atoms with Gasteiger partial charge in [0.25, 0.3) is 5.91 Å². The fourth-order valence-electron chi connectivity index (χ4n) is 2.03. The Hall–Kier alpha value is -1.29. The van der Waals surface area contributed by atoms with Gasteiger partial charge in [-0.15, -0.1) is 34.5 Å². The Morgan fingerprint density at radius 1 is 1.41 bits per heavy atom. The molecular weight excluding hydrogens is 345 g/mol. The average molecular weight is 360 g/mol. The maximum Gasteiger partial charge on any atom is 0.263 e. The van der Waals surface area contributed by atoms with Gasteiger partial charge >= 0.3 is 0 Å². The molecule has 0 radical (unpaired) electrons. The topological polar surface area (TPSA) is 73.2 Å². The molecule has 22 heavy (non-hydrogen) atoms. The lowest BCUT2D eigenvalue weighted by atomic mass is 10.1. The van der Waals surface area contributed by atoms with Gasteiger partial charge in [-0.2, -0.15) is 5.26 Å². The standard InChI is InChI=1S/C14H15Cl2N3O2S/c1-7-8(5-17)10(22-9(7)11(20)19(3)4)18-12(21)13(2)6-14(13,15)16/h6H2,1-4H3,(H,18,21). The summed E-state index contributed by atoms with van der Waals surface area (Å²) in [5, 5.41) is 12.3. The van der Waals surface area contributed by atoms with Crippen LogP contribution >= 0.6 is 34.5 Å². The maximum absolute atomic E-state index is 12.3. The van der Waals surface area contributed by atoms with Gasteiger partial charge in [-0.3, -0.25) is 9.59 Å². The highest BCUT2D eigenvalue weighted by Gasteiger charge is 2.68. The van der Waals surface area contributed by atoms with Gasteiger partial charge in [-0.25, -0.2) is 0 Å². The van der Waals surface area contributed by atoms with E-state index in [0.29, 0.717) is 27.4 Å². The van der Waals surface area contributed by atoms with Crippen molar-refractivity contribution in [1.82, 2.24) is 4.90 Å². The molecule has 118 valence electrons.